The molecule has 19 heavy (non-hydrogen) atoms. The molecule has 0 unspecified atom stereocenters. The van der Waals surface area contributed by atoms with Crippen LogP contribution in [0.3, 0.4) is 0 Å². The summed E-state index contributed by atoms with van der Waals surface area (Å²) in [6.45, 7) is 1.49. The fourth-order valence-corrected chi connectivity index (χ4v) is 2.77. The summed E-state index contributed by atoms with van der Waals surface area (Å²) in [7, 11) is 0. The summed E-state index contributed by atoms with van der Waals surface area (Å²) in [5, 5.41) is 12.0. The Balaban J connectivity index is 1.72. The maximum Gasteiger partial charge on any atom is 0.129 e. The molecule has 1 aliphatic rings. The molecule has 0 aromatic heterocycles. The van der Waals surface area contributed by atoms with Crippen molar-refractivity contribution in [2.75, 3.05) is 6.54 Å². The topological polar surface area (TPSA) is 35.8 Å². The highest BCUT2D eigenvalue weighted by Crippen LogP contribution is 2.25. The van der Waals surface area contributed by atoms with Gasteiger partial charge >= 0.3 is 0 Å². The van der Waals surface area contributed by atoms with E-state index in [9.17, 15) is 4.39 Å². The zero-order valence-electron chi connectivity index (χ0n) is 11.3. The van der Waals surface area contributed by atoms with Gasteiger partial charge in [-0.05, 0) is 31.0 Å². The van der Waals surface area contributed by atoms with Gasteiger partial charge in [0.05, 0.1) is 11.6 Å². The zero-order valence-corrected chi connectivity index (χ0v) is 11.3. The van der Waals surface area contributed by atoms with Gasteiger partial charge in [-0.1, -0.05) is 38.2 Å². The van der Waals surface area contributed by atoms with E-state index in [1.807, 2.05) is 6.07 Å². The van der Waals surface area contributed by atoms with Crippen LogP contribution in [0, 0.1) is 23.1 Å². The van der Waals surface area contributed by atoms with Crippen molar-refractivity contribution < 1.29 is 4.39 Å². The second-order valence-electron chi connectivity index (χ2n) is 5.39. The molecule has 102 valence electrons. The molecule has 1 saturated carbocycles. The minimum absolute atomic E-state index is 0.288. The Bertz CT molecular complexity index is 445. The van der Waals surface area contributed by atoms with Gasteiger partial charge < -0.3 is 5.32 Å². The number of benzene rings is 1. The van der Waals surface area contributed by atoms with Gasteiger partial charge in [-0.2, -0.15) is 5.26 Å². The summed E-state index contributed by atoms with van der Waals surface area (Å²) in [4.78, 5) is 0. The maximum absolute atomic E-state index is 13.6. The number of nitrogens with one attached hydrogen (secondary N) is 1. The first-order chi connectivity index (χ1) is 9.29. The second-order valence-corrected chi connectivity index (χ2v) is 5.39. The highest BCUT2D eigenvalue weighted by atomic mass is 19.1. The van der Waals surface area contributed by atoms with Crippen molar-refractivity contribution in [1.82, 2.24) is 5.32 Å². The Hall–Kier alpha value is -1.40. The molecule has 1 N–H and O–H groups in total. The Kier molecular flexibility index (Phi) is 5.35. The molecule has 0 amide bonds. The predicted octanol–water partition coefficient (Wildman–Crippen LogP) is 3.76. The smallest absolute Gasteiger partial charge is 0.129 e. The maximum atomic E-state index is 13.6. The summed E-state index contributed by atoms with van der Waals surface area (Å²) < 4.78 is 13.6. The molecule has 0 aliphatic heterocycles. The van der Waals surface area contributed by atoms with Crippen molar-refractivity contribution in [2.24, 2.45) is 5.92 Å². The van der Waals surface area contributed by atoms with E-state index in [1.54, 1.807) is 12.1 Å². The monoisotopic (exact) mass is 260 g/mol. The van der Waals surface area contributed by atoms with Crippen LogP contribution in [0.15, 0.2) is 18.2 Å². The molecule has 2 nitrogen and oxygen atoms in total. The van der Waals surface area contributed by atoms with Crippen molar-refractivity contribution >= 4 is 0 Å². The largest absolute Gasteiger partial charge is 0.313 e. The Morgan fingerprint density at radius 1 is 1.26 bits per heavy atom. The average molecular weight is 260 g/mol. The Morgan fingerprint density at radius 3 is 2.74 bits per heavy atom. The molecule has 1 aromatic carbocycles. The van der Waals surface area contributed by atoms with Gasteiger partial charge in [0, 0.05) is 12.1 Å². The molecule has 0 spiro atoms. The van der Waals surface area contributed by atoms with E-state index in [1.165, 1.54) is 44.6 Å². The fourth-order valence-electron chi connectivity index (χ4n) is 2.77. The average Bonchev–Trinajstić information content (AvgIpc) is 2.46. The van der Waals surface area contributed by atoms with Crippen LogP contribution in [0.4, 0.5) is 4.39 Å². The van der Waals surface area contributed by atoms with Crippen molar-refractivity contribution in [3.05, 3.63) is 35.1 Å². The highest BCUT2D eigenvalue weighted by Gasteiger charge is 2.12. The third-order valence-corrected chi connectivity index (χ3v) is 3.95. The summed E-state index contributed by atoms with van der Waals surface area (Å²) in [6, 6.07) is 6.61. The standard InChI is InChI=1S/C16H21FN2/c17-16-10-14(11-18)6-7-15(16)12-19-9-8-13-4-2-1-3-5-13/h6-7,10,13,19H,1-5,8-9,12H2. The van der Waals surface area contributed by atoms with Gasteiger partial charge in [-0.25, -0.2) is 4.39 Å². The number of rotatable bonds is 5. The molecule has 0 heterocycles. The SMILES string of the molecule is N#Cc1ccc(CNCCC2CCCCC2)c(F)c1. The van der Waals surface area contributed by atoms with Crippen LogP contribution in [0.5, 0.6) is 0 Å². The third kappa shape index (κ3) is 4.33. The molecule has 0 bridgehead atoms. The highest BCUT2D eigenvalue weighted by molar-refractivity contribution is 5.32. The van der Waals surface area contributed by atoms with Crippen molar-refractivity contribution in [3.8, 4) is 6.07 Å². The zero-order chi connectivity index (χ0) is 13.5. The lowest BCUT2D eigenvalue weighted by atomic mass is 9.87. The van der Waals surface area contributed by atoms with Crippen LogP contribution >= 0.6 is 0 Å². The predicted molar refractivity (Wildman–Crippen MR) is 74.0 cm³/mol. The van der Waals surface area contributed by atoms with Crippen molar-refractivity contribution in [3.63, 3.8) is 0 Å². The van der Waals surface area contributed by atoms with Crippen LogP contribution in [0.1, 0.15) is 49.7 Å². The van der Waals surface area contributed by atoms with E-state index in [4.69, 9.17) is 5.26 Å². The van der Waals surface area contributed by atoms with E-state index in [0.29, 0.717) is 17.7 Å². The number of hydrogen-bond donors (Lipinski definition) is 1. The Morgan fingerprint density at radius 2 is 2.05 bits per heavy atom. The van der Waals surface area contributed by atoms with Gasteiger partial charge in [0.25, 0.3) is 0 Å². The first-order valence-corrected chi connectivity index (χ1v) is 7.19. The molecule has 1 aliphatic carbocycles. The summed E-state index contributed by atoms with van der Waals surface area (Å²) >= 11 is 0. The lowest BCUT2D eigenvalue weighted by molar-refractivity contribution is 0.333. The van der Waals surface area contributed by atoms with Crippen molar-refractivity contribution in [1.29, 1.82) is 5.26 Å². The van der Waals surface area contributed by atoms with E-state index in [2.05, 4.69) is 5.32 Å². The van der Waals surface area contributed by atoms with Gasteiger partial charge in [0.2, 0.25) is 0 Å². The molecule has 2 rings (SSSR count). The fraction of sp³-hybridized carbons (Fsp3) is 0.562. The molecule has 1 aromatic rings. The third-order valence-electron chi connectivity index (χ3n) is 3.95. The molecular weight excluding hydrogens is 239 g/mol. The van der Waals surface area contributed by atoms with Crippen LogP contribution in [-0.2, 0) is 6.54 Å². The molecular formula is C16H21FN2. The molecule has 0 saturated heterocycles. The quantitative estimate of drug-likeness (QED) is 0.818. The molecule has 3 heteroatoms. The minimum Gasteiger partial charge on any atom is -0.313 e. The van der Waals surface area contributed by atoms with Crippen LogP contribution in [-0.4, -0.2) is 6.54 Å². The lowest BCUT2D eigenvalue weighted by Gasteiger charge is -2.21. The summed E-state index contributed by atoms with van der Waals surface area (Å²) in [5.41, 5.74) is 1.02. The summed E-state index contributed by atoms with van der Waals surface area (Å²) in [6.07, 6.45) is 8.03. The van der Waals surface area contributed by atoms with Crippen LogP contribution in [0.2, 0.25) is 0 Å². The molecule has 0 atom stereocenters. The number of nitrogens with zero attached hydrogens (tertiary/aromatic N) is 1. The van der Waals surface area contributed by atoms with E-state index in [0.717, 1.165) is 12.5 Å². The van der Waals surface area contributed by atoms with E-state index in [-0.39, 0.29) is 5.82 Å². The van der Waals surface area contributed by atoms with E-state index < -0.39 is 0 Å². The van der Waals surface area contributed by atoms with Gasteiger partial charge in [-0.15, -0.1) is 0 Å². The number of halogens is 1. The van der Waals surface area contributed by atoms with E-state index >= 15 is 0 Å². The number of nitriles is 1. The molecule has 0 radical (unpaired) electrons. The van der Waals surface area contributed by atoms with Gasteiger partial charge in [0.1, 0.15) is 5.82 Å². The first kappa shape index (κ1) is 14.0. The van der Waals surface area contributed by atoms with Crippen LogP contribution < -0.4 is 5.32 Å². The summed E-state index contributed by atoms with van der Waals surface area (Å²) in [5.74, 6) is 0.566. The lowest BCUT2D eigenvalue weighted by Crippen LogP contribution is -2.19. The number of hydrogen-bond acceptors (Lipinski definition) is 2. The van der Waals surface area contributed by atoms with Crippen LogP contribution in [0.25, 0.3) is 0 Å². The van der Waals surface area contributed by atoms with Gasteiger partial charge in [-0.3, -0.25) is 0 Å². The first-order valence-electron chi connectivity index (χ1n) is 7.19. The Labute approximate surface area is 114 Å². The minimum atomic E-state index is -0.288. The normalized spacial score (nSPS) is 16.2. The second kappa shape index (κ2) is 7.25. The molecule has 1 fully saturated rings. The van der Waals surface area contributed by atoms with Gasteiger partial charge in [0.15, 0.2) is 0 Å². The van der Waals surface area contributed by atoms with Crippen molar-refractivity contribution in [2.45, 2.75) is 45.1 Å².